The molecule has 1 N–H and O–H groups in total. The molecule has 0 aromatic rings. The number of nitrogens with zero attached hydrogens (tertiary/aromatic N) is 1. The fraction of sp³-hybridized carbons (Fsp3) is 0.944. The SMILES string of the molecule is CC1CC(OC(C)CC(C)(C#N)NC2CC2)CC(C)(C)C1. The van der Waals surface area contributed by atoms with Gasteiger partial charge in [-0.3, -0.25) is 5.32 Å². The molecule has 4 atom stereocenters. The lowest BCUT2D eigenvalue weighted by atomic mass is 9.71. The first-order chi connectivity index (χ1) is 9.71. The predicted molar refractivity (Wildman–Crippen MR) is 85.9 cm³/mol. The Morgan fingerprint density at radius 3 is 2.57 bits per heavy atom. The Morgan fingerprint density at radius 2 is 2.05 bits per heavy atom. The Balaban J connectivity index is 1.85. The van der Waals surface area contributed by atoms with Crippen molar-refractivity contribution in [3.63, 3.8) is 0 Å². The maximum absolute atomic E-state index is 9.47. The summed E-state index contributed by atoms with van der Waals surface area (Å²) in [5.74, 6) is 0.734. The molecule has 0 aliphatic heterocycles. The van der Waals surface area contributed by atoms with Crippen molar-refractivity contribution in [1.82, 2.24) is 5.32 Å². The summed E-state index contributed by atoms with van der Waals surface area (Å²) in [5, 5.41) is 12.9. The van der Waals surface area contributed by atoms with Crippen molar-refractivity contribution < 1.29 is 4.74 Å². The molecule has 2 saturated carbocycles. The molecule has 120 valence electrons. The molecule has 0 radical (unpaired) electrons. The van der Waals surface area contributed by atoms with Gasteiger partial charge in [-0.1, -0.05) is 20.8 Å². The third kappa shape index (κ3) is 5.27. The summed E-state index contributed by atoms with van der Waals surface area (Å²) in [4.78, 5) is 0. The molecule has 2 fully saturated rings. The number of hydrogen-bond acceptors (Lipinski definition) is 3. The highest BCUT2D eigenvalue weighted by Crippen LogP contribution is 2.40. The number of rotatable bonds is 6. The van der Waals surface area contributed by atoms with Gasteiger partial charge in [-0.05, 0) is 57.3 Å². The molecule has 0 amide bonds. The normalized spacial score (nSPS) is 33.0. The largest absolute Gasteiger partial charge is 0.375 e. The van der Waals surface area contributed by atoms with Crippen LogP contribution in [0.3, 0.4) is 0 Å². The summed E-state index contributed by atoms with van der Waals surface area (Å²) in [6.07, 6.45) is 7.26. The molecule has 0 saturated heterocycles. The lowest BCUT2D eigenvalue weighted by Crippen LogP contribution is -2.45. The fourth-order valence-corrected chi connectivity index (χ4v) is 4.13. The van der Waals surface area contributed by atoms with Crippen molar-refractivity contribution in [2.45, 2.75) is 96.9 Å². The van der Waals surface area contributed by atoms with Gasteiger partial charge in [-0.2, -0.15) is 5.26 Å². The monoisotopic (exact) mass is 292 g/mol. The van der Waals surface area contributed by atoms with Crippen LogP contribution >= 0.6 is 0 Å². The van der Waals surface area contributed by atoms with Crippen molar-refractivity contribution in [1.29, 1.82) is 5.26 Å². The maximum atomic E-state index is 9.47. The van der Waals surface area contributed by atoms with Crippen LogP contribution in [0.25, 0.3) is 0 Å². The Labute approximate surface area is 130 Å². The van der Waals surface area contributed by atoms with E-state index in [2.05, 4.69) is 39.1 Å². The number of ether oxygens (including phenoxy) is 1. The van der Waals surface area contributed by atoms with E-state index in [4.69, 9.17) is 4.74 Å². The zero-order valence-electron chi connectivity index (χ0n) is 14.4. The lowest BCUT2D eigenvalue weighted by Gasteiger charge is -2.40. The van der Waals surface area contributed by atoms with Crippen LogP contribution in [0.1, 0.15) is 73.1 Å². The van der Waals surface area contributed by atoms with Crippen LogP contribution in [0.4, 0.5) is 0 Å². The molecular weight excluding hydrogens is 260 g/mol. The minimum atomic E-state index is -0.448. The summed E-state index contributed by atoms with van der Waals surface area (Å²) >= 11 is 0. The number of nitrogens with one attached hydrogen (secondary N) is 1. The first-order valence-electron chi connectivity index (χ1n) is 8.56. The summed E-state index contributed by atoms with van der Waals surface area (Å²) in [7, 11) is 0. The highest BCUT2D eigenvalue weighted by atomic mass is 16.5. The van der Waals surface area contributed by atoms with Gasteiger partial charge < -0.3 is 4.74 Å². The fourth-order valence-electron chi connectivity index (χ4n) is 4.13. The zero-order valence-corrected chi connectivity index (χ0v) is 14.4. The molecule has 0 aromatic carbocycles. The molecule has 0 aromatic heterocycles. The Bertz CT molecular complexity index is 397. The third-order valence-electron chi connectivity index (χ3n) is 4.81. The molecule has 2 aliphatic carbocycles. The zero-order chi connectivity index (χ0) is 15.7. The second-order valence-electron chi connectivity index (χ2n) is 8.55. The van der Waals surface area contributed by atoms with Crippen molar-refractivity contribution in [3.8, 4) is 6.07 Å². The van der Waals surface area contributed by atoms with Crippen LogP contribution in [0.5, 0.6) is 0 Å². The maximum Gasteiger partial charge on any atom is 0.106 e. The van der Waals surface area contributed by atoms with E-state index in [1.807, 2.05) is 6.92 Å². The minimum absolute atomic E-state index is 0.131. The van der Waals surface area contributed by atoms with Crippen molar-refractivity contribution in [2.75, 3.05) is 0 Å². The molecule has 21 heavy (non-hydrogen) atoms. The second-order valence-corrected chi connectivity index (χ2v) is 8.55. The summed E-state index contributed by atoms with van der Waals surface area (Å²) in [5.41, 5.74) is -0.0662. The Hall–Kier alpha value is -0.590. The number of hydrogen-bond donors (Lipinski definition) is 1. The van der Waals surface area contributed by atoms with Gasteiger partial charge in [-0.25, -0.2) is 0 Å². The van der Waals surface area contributed by atoms with E-state index in [1.54, 1.807) is 0 Å². The predicted octanol–water partition coefficient (Wildman–Crippen LogP) is 4.03. The van der Waals surface area contributed by atoms with Gasteiger partial charge in [0.15, 0.2) is 0 Å². The molecule has 3 nitrogen and oxygen atoms in total. The highest BCUT2D eigenvalue weighted by molar-refractivity contribution is 5.08. The smallest absolute Gasteiger partial charge is 0.106 e. The van der Waals surface area contributed by atoms with Crippen molar-refractivity contribution >= 4 is 0 Å². The van der Waals surface area contributed by atoms with Crippen molar-refractivity contribution in [3.05, 3.63) is 0 Å². The quantitative estimate of drug-likeness (QED) is 0.804. The van der Waals surface area contributed by atoms with E-state index in [1.165, 1.54) is 19.3 Å². The molecule has 3 heteroatoms. The first kappa shape index (κ1) is 16.8. The van der Waals surface area contributed by atoms with Crippen LogP contribution in [0.2, 0.25) is 0 Å². The van der Waals surface area contributed by atoms with Crippen molar-refractivity contribution in [2.24, 2.45) is 11.3 Å². The molecule has 0 spiro atoms. The molecular formula is C18H32N2O. The van der Waals surface area contributed by atoms with Gasteiger partial charge in [0.2, 0.25) is 0 Å². The topological polar surface area (TPSA) is 45.0 Å². The van der Waals surface area contributed by atoms with Crippen LogP contribution < -0.4 is 5.32 Å². The summed E-state index contributed by atoms with van der Waals surface area (Å²) in [6.45, 7) is 11.2. The first-order valence-corrected chi connectivity index (χ1v) is 8.56. The molecule has 0 bridgehead atoms. The number of nitriles is 1. The van der Waals surface area contributed by atoms with Gasteiger partial charge in [0.05, 0.1) is 18.3 Å². The third-order valence-corrected chi connectivity index (χ3v) is 4.81. The Morgan fingerprint density at radius 1 is 1.38 bits per heavy atom. The summed E-state index contributed by atoms with van der Waals surface area (Å²) < 4.78 is 6.31. The van der Waals surface area contributed by atoms with E-state index in [9.17, 15) is 5.26 Å². The summed E-state index contributed by atoms with van der Waals surface area (Å²) in [6, 6.07) is 3.00. The average Bonchev–Trinajstić information content (AvgIpc) is 3.09. The van der Waals surface area contributed by atoms with E-state index < -0.39 is 5.54 Å². The molecule has 4 unspecified atom stereocenters. The van der Waals surface area contributed by atoms with Crippen LogP contribution in [-0.4, -0.2) is 23.8 Å². The van der Waals surface area contributed by atoms with Crippen LogP contribution in [0.15, 0.2) is 0 Å². The van der Waals surface area contributed by atoms with Gasteiger partial charge in [0, 0.05) is 12.5 Å². The van der Waals surface area contributed by atoms with E-state index in [0.717, 1.165) is 25.2 Å². The van der Waals surface area contributed by atoms with Gasteiger partial charge in [-0.15, -0.1) is 0 Å². The second kappa shape index (κ2) is 6.26. The molecule has 2 rings (SSSR count). The molecule has 2 aliphatic rings. The van der Waals surface area contributed by atoms with E-state index in [-0.39, 0.29) is 6.10 Å². The van der Waals surface area contributed by atoms with Crippen LogP contribution in [0, 0.1) is 22.7 Å². The van der Waals surface area contributed by atoms with Crippen LogP contribution in [-0.2, 0) is 4.74 Å². The Kier molecular flexibility index (Phi) is 5.00. The highest BCUT2D eigenvalue weighted by Gasteiger charge is 2.36. The minimum Gasteiger partial charge on any atom is -0.375 e. The van der Waals surface area contributed by atoms with E-state index >= 15 is 0 Å². The average molecular weight is 292 g/mol. The van der Waals surface area contributed by atoms with E-state index in [0.29, 0.717) is 17.6 Å². The molecule has 0 heterocycles. The van der Waals surface area contributed by atoms with Gasteiger partial charge in [0.1, 0.15) is 5.54 Å². The van der Waals surface area contributed by atoms with Gasteiger partial charge >= 0.3 is 0 Å². The standard InChI is InChI=1S/C18H32N2O/c1-13-8-16(11-17(3,4)9-13)21-14(2)10-18(5,12-19)20-15-6-7-15/h13-16,20H,6-11H2,1-5H3. The van der Waals surface area contributed by atoms with Gasteiger partial charge in [0.25, 0.3) is 0 Å². The lowest BCUT2D eigenvalue weighted by molar-refractivity contribution is -0.0657.